The molecule has 2 rings (SSSR count). The molecule has 0 spiro atoms. The molecule has 0 aromatic heterocycles. The summed E-state index contributed by atoms with van der Waals surface area (Å²) in [5.41, 5.74) is 1.69. The lowest BCUT2D eigenvalue weighted by Gasteiger charge is -2.16. The van der Waals surface area contributed by atoms with E-state index in [0.717, 1.165) is 11.1 Å². The highest BCUT2D eigenvalue weighted by atomic mass is 79.9. The van der Waals surface area contributed by atoms with E-state index in [9.17, 15) is 4.39 Å². The van der Waals surface area contributed by atoms with Crippen molar-refractivity contribution in [1.29, 1.82) is 0 Å². The quantitative estimate of drug-likeness (QED) is 0.567. The molecule has 0 bridgehead atoms. The number of alkyl halides is 1. The molecular weight excluding hydrogens is 426 g/mol. The first-order chi connectivity index (χ1) is 9.97. The molecule has 2 aromatic rings. The van der Waals surface area contributed by atoms with Crippen molar-refractivity contribution in [2.45, 2.75) is 4.83 Å². The number of benzene rings is 2. The van der Waals surface area contributed by atoms with Gasteiger partial charge in [-0.3, -0.25) is 0 Å². The van der Waals surface area contributed by atoms with Gasteiger partial charge in [0.05, 0.1) is 23.5 Å². The Kier molecular flexibility index (Phi) is 5.52. The number of methoxy groups -OCH3 is 2. The van der Waals surface area contributed by atoms with E-state index in [0.29, 0.717) is 21.0 Å². The van der Waals surface area contributed by atoms with Gasteiger partial charge in [0.1, 0.15) is 5.82 Å². The highest BCUT2D eigenvalue weighted by Crippen LogP contribution is 2.41. The second kappa shape index (κ2) is 6.99. The Balaban J connectivity index is 2.47. The van der Waals surface area contributed by atoms with Gasteiger partial charge in [0.15, 0.2) is 11.5 Å². The number of hydrogen-bond acceptors (Lipinski definition) is 2. The van der Waals surface area contributed by atoms with E-state index in [4.69, 9.17) is 21.1 Å². The summed E-state index contributed by atoms with van der Waals surface area (Å²) >= 11 is 13.1. The van der Waals surface area contributed by atoms with Crippen LogP contribution < -0.4 is 9.47 Å². The minimum absolute atomic E-state index is 0.193. The van der Waals surface area contributed by atoms with E-state index < -0.39 is 0 Å². The van der Waals surface area contributed by atoms with Crippen LogP contribution in [0.1, 0.15) is 16.0 Å². The lowest BCUT2D eigenvalue weighted by atomic mass is 10.0. The van der Waals surface area contributed by atoms with Gasteiger partial charge in [-0.25, -0.2) is 4.39 Å². The fraction of sp³-hybridized carbons (Fsp3) is 0.200. The van der Waals surface area contributed by atoms with Gasteiger partial charge in [0.2, 0.25) is 0 Å². The number of halogens is 4. The molecule has 0 N–H and O–H groups in total. The molecule has 1 atom stereocenters. The first kappa shape index (κ1) is 16.6. The molecule has 0 amide bonds. The van der Waals surface area contributed by atoms with Crippen molar-refractivity contribution in [1.82, 2.24) is 0 Å². The van der Waals surface area contributed by atoms with Crippen LogP contribution in [0.3, 0.4) is 0 Å². The van der Waals surface area contributed by atoms with E-state index in [1.54, 1.807) is 38.5 Å². The van der Waals surface area contributed by atoms with E-state index in [1.165, 1.54) is 6.07 Å². The molecule has 112 valence electrons. The number of rotatable bonds is 4. The van der Waals surface area contributed by atoms with E-state index in [-0.39, 0.29) is 10.6 Å². The highest BCUT2D eigenvalue weighted by molar-refractivity contribution is 9.10. The van der Waals surface area contributed by atoms with Crippen molar-refractivity contribution in [3.8, 4) is 11.5 Å². The molecule has 0 aliphatic carbocycles. The summed E-state index contributed by atoms with van der Waals surface area (Å²) < 4.78 is 24.2. The average Bonchev–Trinajstić information content (AvgIpc) is 2.49. The van der Waals surface area contributed by atoms with E-state index >= 15 is 0 Å². The van der Waals surface area contributed by atoms with Crippen LogP contribution in [-0.2, 0) is 0 Å². The van der Waals surface area contributed by atoms with Crippen molar-refractivity contribution >= 4 is 43.5 Å². The zero-order valence-electron chi connectivity index (χ0n) is 11.3. The minimum Gasteiger partial charge on any atom is -0.493 e. The Morgan fingerprint density at radius 3 is 2.29 bits per heavy atom. The fourth-order valence-corrected chi connectivity index (χ4v) is 3.37. The molecule has 0 radical (unpaired) electrons. The van der Waals surface area contributed by atoms with Crippen molar-refractivity contribution in [3.05, 3.63) is 56.8 Å². The molecule has 0 aliphatic rings. The first-order valence-corrected chi connectivity index (χ1v) is 8.07. The standard InChI is InChI=1S/C15H12Br2ClFO2/c1-20-13-6-9(11(18)7-14(13)21-2)15(17)8-3-4-12(19)10(16)5-8/h3-7,15H,1-2H3. The predicted molar refractivity (Wildman–Crippen MR) is 89.4 cm³/mol. The van der Waals surface area contributed by atoms with Crippen molar-refractivity contribution in [3.63, 3.8) is 0 Å². The minimum atomic E-state index is -0.308. The summed E-state index contributed by atoms with van der Waals surface area (Å²) in [5.74, 6) is 0.839. The van der Waals surface area contributed by atoms with Gasteiger partial charge in [-0.2, -0.15) is 0 Å². The van der Waals surface area contributed by atoms with Crippen LogP contribution >= 0.6 is 43.5 Å². The molecule has 2 nitrogen and oxygen atoms in total. The molecule has 21 heavy (non-hydrogen) atoms. The van der Waals surface area contributed by atoms with Gasteiger partial charge >= 0.3 is 0 Å². The van der Waals surface area contributed by atoms with Crippen LogP contribution in [0.15, 0.2) is 34.8 Å². The highest BCUT2D eigenvalue weighted by Gasteiger charge is 2.18. The number of ether oxygens (including phenoxy) is 2. The maximum absolute atomic E-state index is 13.3. The van der Waals surface area contributed by atoms with Crippen LogP contribution in [0, 0.1) is 5.82 Å². The lowest BCUT2D eigenvalue weighted by molar-refractivity contribution is 0.354. The Bertz CT molecular complexity index is 664. The van der Waals surface area contributed by atoms with Crippen molar-refractivity contribution in [2.24, 2.45) is 0 Å². The Morgan fingerprint density at radius 2 is 1.71 bits per heavy atom. The molecule has 0 saturated heterocycles. The fourth-order valence-electron chi connectivity index (χ4n) is 1.91. The topological polar surface area (TPSA) is 18.5 Å². The molecule has 0 aliphatic heterocycles. The van der Waals surface area contributed by atoms with Gasteiger partial charge in [-0.1, -0.05) is 33.6 Å². The number of hydrogen-bond donors (Lipinski definition) is 0. The van der Waals surface area contributed by atoms with Crippen molar-refractivity contribution < 1.29 is 13.9 Å². The smallest absolute Gasteiger partial charge is 0.162 e. The largest absolute Gasteiger partial charge is 0.493 e. The third-order valence-electron chi connectivity index (χ3n) is 3.01. The molecule has 0 fully saturated rings. The molecule has 6 heteroatoms. The molecule has 0 heterocycles. The first-order valence-electron chi connectivity index (χ1n) is 5.98. The SMILES string of the molecule is COc1cc(Cl)c(C(Br)c2ccc(F)c(Br)c2)cc1OC. The summed E-state index contributed by atoms with van der Waals surface area (Å²) in [6, 6.07) is 8.32. The van der Waals surface area contributed by atoms with Gasteiger partial charge in [0, 0.05) is 11.1 Å². The molecule has 0 saturated carbocycles. The summed E-state index contributed by atoms with van der Waals surface area (Å²) in [6.45, 7) is 0. The van der Waals surface area contributed by atoms with E-state index in [1.807, 2.05) is 0 Å². The van der Waals surface area contributed by atoms with E-state index in [2.05, 4.69) is 31.9 Å². The van der Waals surface area contributed by atoms with Crippen molar-refractivity contribution in [2.75, 3.05) is 14.2 Å². The Hall–Kier alpha value is -0.780. The van der Waals surface area contributed by atoms with Crippen LogP contribution in [0.25, 0.3) is 0 Å². The predicted octanol–water partition coefficient (Wildman–Crippen LogP) is 5.74. The van der Waals surface area contributed by atoms with Gasteiger partial charge in [0.25, 0.3) is 0 Å². The second-order valence-electron chi connectivity index (χ2n) is 4.26. The molecular formula is C15H12Br2ClFO2. The van der Waals surface area contributed by atoms with Crippen LogP contribution in [0.4, 0.5) is 4.39 Å². The summed E-state index contributed by atoms with van der Waals surface area (Å²) in [7, 11) is 3.11. The Morgan fingerprint density at radius 1 is 1.10 bits per heavy atom. The monoisotopic (exact) mass is 436 g/mol. The zero-order valence-corrected chi connectivity index (χ0v) is 15.2. The average molecular weight is 439 g/mol. The van der Waals surface area contributed by atoms with Gasteiger partial charge in [-0.05, 0) is 45.3 Å². The normalized spacial score (nSPS) is 12.1. The van der Waals surface area contributed by atoms with Crippen LogP contribution in [-0.4, -0.2) is 14.2 Å². The zero-order chi connectivity index (χ0) is 15.6. The third kappa shape index (κ3) is 3.52. The summed E-state index contributed by atoms with van der Waals surface area (Å²) in [5, 5.41) is 0.537. The summed E-state index contributed by atoms with van der Waals surface area (Å²) in [6.07, 6.45) is 0. The lowest BCUT2D eigenvalue weighted by Crippen LogP contribution is -1.98. The third-order valence-corrected chi connectivity index (χ3v) is 4.97. The van der Waals surface area contributed by atoms with Gasteiger partial charge in [-0.15, -0.1) is 0 Å². The second-order valence-corrected chi connectivity index (χ2v) is 6.44. The van der Waals surface area contributed by atoms with Crippen LogP contribution in [0.2, 0.25) is 5.02 Å². The maximum atomic E-state index is 13.3. The Labute approximate surface area is 144 Å². The maximum Gasteiger partial charge on any atom is 0.162 e. The molecule has 2 aromatic carbocycles. The van der Waals surface area contributed by atoms with Crippen LogP contribution in [0.5, 0.6) is 11.5 Å². The van der Waals surface area contributed by atoms with Gasteiger partial charge < -0.3 is 9.47 Å². The molecule has 1 unspecified atom stereocenters. The summed E-state index contributed by atoms with van der Waals surface area (Å²) in [4.78, 5) is -0.193.